The second-order valence-electron chi connectivity index (χ2n) is 4.87. The first-order valence-corrected chi connectivity index (χ1v) is 5.68. The maximum atomic E-state index is 12.3. The van der Waals surface area contributed by atoms with Gasteiger partial charge in [-0.3, -0.25) is 4.90 Å². The summed E-state index contributed by atoms with van der Waals surface area (Å²) in [5.41, 5.74) is 0.142. The number of rotatable bonds is 5. The Kier molecular flexibility index (Phi) is 4.76. The molecule has 0 bridgehead atoms. The van der Waals surface area contributed by atoms with Crippen molar-refractivity contribution in [3.63, 3.8) is 0 Å². The molecule has 0 saturated carbocycles. The number of aliphatic hydroxyl groups excluding tert-OH is 1. The van der Waals surface area contributed by atoms with Crippen molar-refractivity contribution >= 4 is 0 Å². The maximum absolute atomic E-state index is 12.3. The number of hydrogen-bond donors (Lipinski definition) is 1. The second kappa shape index (κ2) is 5.71. The molecule has 1 aromatic rings. The molecule has 18 heavy (non-hydrogen) atoms. The lowest BCUT2D eigenvalue weighted by Crippen LogP contribution is -2.43. The lowest BCUT2D eigenvalue weighted by atomic mass is 9.83. The fourth-order valence-corrected chi connectivity index (χ4v) is 2.03. The second-order valence-corrected chi connectivity index (χ2v) is 4.87. The van der Waals surface area contributed by atoms with Crippen LogP contribution in [-0.4, -0.2) is 42.9 Å². The number of benzene rings is 1. The van der Waals surface area contributed by atoms with Crippen LogP contribution in [0, 0.1) is 0 Å². The largest absolute Gasteiger partial charge is 0.401 e. The number of nitrogens with zero attached hydrogens (tertiary/aromatic N) is 1. The molecule has 0 aliphatic carbocycles. The molecule has 0 saturated heterocycles. The van der Waals surface area contributed by atoms with Gasteiger partial charge in [0, 0.05) is 12.0 Å². The highest BCUT2D eigenvalue weighted by Crippen LogP contribution is 2.25. The van der Waals surface area contributed by atoms with Crippen molar-refractivity contribution in [2.75, 3.05) is 26.7 Å². The van der Waals surface area contributed by atoms with Crippen LogP contribution in [0.2, 0.25) is 0 Å². The summed E-state index contributed by atoms with van der Waals surface area (Å²) < 4.78 is 36.9. The third-order valence-electron chi connectivity index (χ3n) is 2.89. The number of aliphatic hydroxyl groups is 1. The van der Waals surface area contributed by atoms with Gasteiger partial charge in [-0.05, 0) is 12.6 Å². The van der Waals surface area contributed by atoms with E-state index in [2.05, 4.69) is 0 Å². The molecule has 1 atom stereocenters. The molecule has 0 radical (unpaired) electrons. The van der Waals surface area contributed by atoms with Crippen LogP contribution in [0.15, 0.2) is 30.3 Å². The van der Waals surface area contributed by atoms with E-state index in [-0.39, 0.29) is 13.2 Å². The molecule has 5 heteroatoms. The van der Waals surface area contributed by atoms with Gasteiger partial charge in [0.2, 0.25) is 0 Å². The molecule has 1 aromatic carbocycles. The summed E-state index contributed by atoms with van der Waals surface area (Å²) in [6.45, 7) is 0.733. The molecular weight excluding hydrogens is 243 g/mol. The molecule has 1 N–H and O–H groups in total. The van der Waals surface area contributed by atoms with Crippen LogP contribution >= 0.6 is 0 Å². The Morgan fingerprint density at radius 3 is 2.11 bits per heavy atom. The molecule has 1 rings (SSSR count). The summed E-state index contributed by atoms with van der Waals surface area (Å²) in [6.07, 6.45) is -4.22. The normalized spacial score (nSPS) is 15.7. The zero-order chi connectivity index (χ0) is 13.8. The molecule has 0 heterocycles. The van der Waals surface area contributed by atoms with Crippen LogP contribution in [0.4, 0.5) is 13.2 Å². The van der Waals surface area contributed by atoms with E-state index in [9.17, 15) is 18.3 Å². The summed E-state index contributed by atoms with van der Waals surface area (Å²) >= 11 is 0. The van der Waals surface area contributed by atoms with E-state index >= 15 is 0 Å². The van der Waals surface area contributed by atoms with Crippen LogP contribution < -0.4 is 0 Å². The van der Waals surface area contributed by atoms with Gasteiger partial charge in [-0.25, -0.2) is 0 Å². The predicted octanol–water partition coefficient (Wildman–Crippen LogP) is 2.43. The fourth-order valence-electron chi connectivity index (χ4n) is 2.03. The Morgan fingerprint density at radius 1 is 1.11 bits per heavy atom. The topological polar surface area (TPSA) is 23.5 Å². The van der Waals surface area contributed by atoms with Crippen molar-refractivity contribution < 1.29 is 18.3 Å². The molecule has 0 fully saturated rings. The molecule has 0 aliphatic heterocycles. The first-order chi connectivity index (χ1) is 8.27. The van der Waals surface area contributed by atoms with Gasteiger partial charge in [0.1, 0.15) is 0 Å². The van der Waals surface area contributed by atoms with E-state index in [1.54, 1.807) is 6.92 Å². The van der Waals surface area contributed by atoms with Gasteiger partial charge in [0.25, 0.3) is 0 Å². The Balaban J connectivity index is 2.78. The molecule has 1 unspecified atom stereocenters. The quantitative estimate of drug-likeness (QED) is 0.880. The minimum absolute atomic E-state index is 0.146. The van der Waals surface area contributed by atoms with Crippen molar-refractivity contribution in [1.29, 1.82) is 0 Å². The third-order valence-corrected chi connectivity index (χ3v) is 2.89. The third kappa shape index (κ3) is 4.31. The smallest absolute Gasteiger partial charge is 0.395 e. The molecule has 2 nitrogen and oxygen atoms in total. The van der Waals surface area contributed by atoms with E-state index < -0.39 is 18.1 Å². The van der Waals surface area contributed by atoms with E-state index in [0.29, 0.717) is 0 Å². The fraction of sp³-hybridized carbons (Fsp3) is 0.538. The highest BCUT2D eigenvalue weighted by molar-refractivity contribution is 5.25. The average Bonchev–Trinajstić information content (AvgIpc) is 2.27. The van der Waals surface area contributed by atoms with Crippen LogP contribution in [0.25, 0.3) is 0 Å². The lowest BCUT2D eigenvalue weighted by molar-refractivity contribution is -0.144. The Morgan fingerprint density at radius 2 is 1.67 bits per heavy atom. The van der Waals surface area contributed by atoms with E-state index in [0.717, 1.165) is 5.56 Å². The molecule has 0 aromatic heterocycles. The summed E-state index contributed by atoms with van der Waals surface area (Å²) in [5, 5.41) is 9.48. The predicted molar refractivity (Wildman–Crippen MR) is 64.4 cm³/mol. The molecule has 0 amide bonds. The number of alkyl halides is 3. The summed E-state index contributed by atoms with van der Waals surface area (Å²) in [5.74, 6) is 0. The first kappa shape index (κ1) is 15.0. The average molecular weight is 261 g/mol. The van der Waals surface area contributed by atoms with Gasteiger partial charge >= 0.3 is 6.18 Å². The molecule has 0 aliphatic rings. The minimum atomic E-state index is -4.22. The van der Waals surface area contributed by atoms with Crippen molar-refractivity contribution in [3.8, 4) is 0 Å². The maximum Gasteiger partial charge on any atom is 0.401 e. The van der Waals surface area contributed by atoms with Crippen LogP contribution in [0.3, 0.4) is 0 Å². The van der Waals surface area contributed by atoms with Gasteiger partial charge in [-0.1, -0.05) is 37.3 Å². The van der Waals surface area contributed by atoms with E-state index in [1.807, 2.05) is 30.3 Å². The minimum Gasteiger partial charge on any atom is -0.395 e. The number of hydrogen-bond acceptors (Lipinski definition) is 2. The Hall–Kier alpha value is -1.07. The lowest BCUT2D eigenvalue weighted by Gasteiger charge is -2.33. The SMILES string of the molecule is CN(CC(F)(F)F)CC(C)(CO)c1ccccc1. The first-order valence-electron chi connectivity index (χ1n) is 5.68. The monoisotopic (exact) mass is 261 g/mol. The van der Waals surface area contributed by atoms with Crippen LogP contribution in [0.1, 0.15) is 12.5 Å². The molecule has 102 valence electrons. The van der Waals surface area contributed by atoms with Gasteiger partial charge in [0.05, 0.1) is 13.2 Å². The Labute approximate surface area is 105 Å². The molecule has 0 spiro atoms. The van der Waals surface area contributed by atoms with Crippen molar-refractivity contribution in [1.82, 2.24) is 4.90 Å². The highest BCUT2D eigenvalue weighted by atomic mass is 19.4. The van der Waals surface area contributed by atoms with Gasteiger partial charge in [0.15, 0.2) is 0 Å². The number of halogens is 3. The van der Waals surface area contributed by atoms with Gasteiger partial charge in [-0.15, -0.1) is 0 Å². The van der Waals surface area contributed by atoms with Crippen molar-refractivity contribution in [3.05, 3.63) is 35.9 Å². The van der Waals surface area contributed by atoms with E-state index in [1.165, 1.54) is 11.9 Å². The standard InChI is InChI=1S/C13H18F3NO/c1-12(10-18,11-6-4-3-5-7-11)8-17(2)9-13(14,15)16/h3-7,18H,8-10H2,1-2H3. The highest BCUT2D eigenvalue weighted by Gasteiger charge is 2.33. The Bertz CT molecular complexity index is 366. The summed E-state index contributed by atoms with van der Waals surface area (Å²) in [7, 11) is 1.41. The summed E-state index contributed by atoms with van der Waals surface area (Å²) in [4.78, 5) is 1.18. The van der Waals surface area contributed by atoms with Crippen molar-refractivity contribution in [2.45, 2.75) is 18.5 Å². The van der Waals surface area contributed by atoms with Gasteiger partial charge < -0.3 is 5.11 Å². The molecular formula is C13H18F3NO. The van der Waals surface area contributed by atoms with E-state index in [4.69, 9.17) is 0 Å². The van der Waals surface area contributed by atoms with Crippen LogP contribution in [-0.2, 0) is 5.41 Å². The number of likely N-dealkylation sites (N-methyl/N-ethyl adjacent to an activating group) is 1. The van der Waals surface area contributed by atoms with Crippen molar-refractivity contribution in [2.24, 2.45) is 0 Å². The zero-order valence-corrected chi connectivity index (χ0v) is 10.5. The zero-order valence-electron chi connectivity index (χ0n) is 10.5. The summed E-state index contributed by atoms with van der Waals surface area (Å²) in [6, 6.07) is 9.09. The van der Waals surface area contributed by atoms with Crippen LogP contribution in [0.5, 0.6) is 0 Å². The van der Waals surface area contributed by atoms with Gasteiger partial charge in [-0.2, -0.15) is 13.2 Å².